The second kappa shape index (κ2) is 10.7. The van der Waals surface area contributed by atoms with E-state index in [-0.39, 0.29) is 18.2 Å². The summed E-state index contributed by atoms with van der Waals surface area (Å²) in [6.07, 6.45) is 4.98. The number of rotatable bonds is 9. The summed E-state index contributed by atoms with van der Waals surface area (Å²) in [5, 5.41) is 10.2. The van der Waals surface area contributed by atoms with E-state index in [9.17, 15) is 13.7 Å². The molecule has 12 heteroatoms. The van der Waals surface area contributed by atoms with Gasteiger partial charge in [0.2, 0.25) is 0 Å². The lowest BCUT2D eigenvalue weighted by Gasteiger charge is -2.13. The quantitative estimate of drug-likeness (QED) is 0.291. The zero-order valence-corrected chi connectivity index (χ0v) is 21.7. The Balaban J connectivity index is 1.60. The van der Waals surface area contributed by atoms with Gasteiger partial charge in [-0.3, -0.25) is 4.57 Å². The fourth-order valence-electron chi connectivity index (χ4n) is 3.48. The molecule has 4 aromatic rings. The Morgan fingerprint density at radius 3 is 2.67 bits per heavy atom. The van der Waals surface area contributed by atoms with Gasteiger partial charge in [0.1, 0.15) is 46.9 Å². The monoisotopic (exact) mass is 545 g/mol. The third kappa shape index (κ3) is 5.70. The van der Waals surface area contributed by atoms with E-state index in [4.69, 9.17) is 32.7 Å². The number of fused-ring (bicyclic) bond motifs is 1. The van der Waals surface area contributed by atoms with E-state index < -0.39 is 9.84 Å². The van der Waals surface area contributed by atoms with E-state index in [0.717, 1.165) is 12.7 Å². The topological polar surface area (TPSA) is 120 Å². The zero-order chi connectivity index (χ0) is 25.9. The summed E-state index contributed by atoms with van der Waals surface area (Å²) in [5.74, 6) is 0.679. The van der Waals surface area contributed by atoms with Gasteiger partial charge >= 0.3 is 0 Å². The smallest absolute Gasteiger partial charge is 0.155 e. The van der Waals surface area contributed by atoms with Gasteiger partial charge in [0.25, 0.3) is 0 Å². The molecule has 0 spiro atoms. The number of benzene rings is 2. The fraction of sp³-hybridized carbons (Fsp3) is 0.250. The maximum atomic E-state index is 11.5. The summed E-state index contributed by atoms with van der Waals surface area (Å²) in [7, 11) is -3.26. The van der Waals surface area contributed by atoms with Crippen LogP contribution in [0.3, 0.4) is 0 Å². The van der Waals surface area contributed by atoms with Crippen LogP contribution in [0.4, 0.5) is 0 Å². The van der Waals surface area contributed by atoms with Crippen LogP contribution >= 0.6 is 23.2 Å². The van der Waals surface area contributed by atoms with Crippen molar-refractivity contribution in [3.05, 3.63) is 70.0 Å². The maximum Gasteiger partial charge on any atom is 0.155 e. The van der Waals surface area contributed by atoms with Gasteiger partial charge < -0.3 is 9.47 Å². The van der Waals surface area contributed by atoms with Gasteiger partial charge in [-0.1, -0.05) is 30.1 Å². The molecular weight excluding hydrogens is 525 g/mol. The first-order valence-corrected chi connectivity index (χ1v) is 13.7. The van der Waals surface area contributed by atoms with Crippen LogP contribution in [0.2, 0.25) is 10.0 Å². The highest BCUT2D eigenvalue weighted by Crippen LogP contribution is 2.36. The van der Waals surface area contributed by atoms with Crippen molar-refractivity contribution in [1.29, 1.82) is 5.26 Å². The van der Waals surface area contributed by atoms with Crippen LogP contribution in [0.5, 0.6) is 11.5 Å². The van der Waals surface area contributed by atoms with Crippen LogP contribution in [0.25, 0.3) is 16.7 Å². The largest absolute Gasteiger partial charge is 0.491 e. The highest BCUT2D eigenvalue weighted by atomic mass is 35.5. The Kier molecular flexibility index (Phi) is 7.64. The summed E-state index contributed by atoms with van der Waals surface area (Å²) in [5.41, 5.74) is 2.64. The number of halogens is 2. The first-order chi connectivity index (χ1) is 17.2. The number of ether oxygens (including phenoxy) is 2. The lowest BCUT2D eigenvalue weighted by molar-refractivity contribution is 0.301. The second-order valence-corrected chi connectivity index (χ2v) is 10.9. The molecular formula is C24H21Cl2N5O4S. The highest BCUT2D eigenvalue weighted by molar-refractivity contribution is 7.89. The average molecular weight is 546 g/mol. The first-order valence-electron chi connectivity index (χ1n) is 10.8. The van der Waals surface area contributed by atoms with Crippen molar-refractivity contribution in [2.45, 2.75) is 25.7 Å². The van der Waals surface area contributed by atoms with Crippen molar-refractivity contribution in [1.82, 2.24) is 19.5 Å². The molecule has 0 saturated carbocycles. The van der Waals surface area contributed by atoms with Gasteiger partial charge in [-0.15, -0.1) is 0 Å². The lowest BCUT2D eigenvalue weighted by atomic mass is 10.2. The van der Waals surface area contributed by atoms with Gasteiger partial charge in [0.05, 0.1) is 34.1 Å². The van der Waals surface area contributed by atoms with E-state index in [1.54, 1.807) is 41.2 Å². The van der Waals surface area contributed by atoms with Crippen molar-refractivity contribution in [3.63, 3.8) is 0 Å². The molecule has 0 aliphatic rings. The van der Waals surface area contributed by atoms with Gasteiger partial charge in [-0.2, -0.15) is 5.26 Å². The standard InChI is InChI=1S/C24H21Cl2N5O4S/c1-3-8-34-24-15(11-27)9-17(10-18(24)25)31-14-29-23-19(31)4-5-20(22(23)26)35-12-16-6-7-28-21(30-16)13-36(2,32)33/h4-7,9-10,14H,3,8,12-13H2,1-2H3. The zero-order valence-electron chi connectivity index (χ0n) is 19.4. The van der Waals surface area contributed by atoms with E-state index in [1.807, 2.05) is 6.92 Å². The Morgan fingerprint density at radius 2 is 1.94 bits per heavy atom. The molecule has 4 rings (SSSR count). The minimum atomic E-state index is -3.26. The first kappa shape index (κ1) is 25.7. The SMILES string of the molecule is CCCOc1c(Cl)cc(-n2cnc3c(Cl)c(OCc4ccnc(CS(C)(=O)=O)n4)ccc32)cc1C#N. The summed E-state index contributed by atoms with van der Waals surface area (Å²) in [6.45, 7) is 2.48. The number of imidazole rings is 1. The molecule has 0 saturated heterocycles. The molecule has 9 nitrogen and oxygen atoms in total. The average Bonchev–Trinajstić information content (AvgIpc) is 3.26. The highest BCUT2D eigenvalue weighted by Gasteiger charge is 2.17. The summed E-state index contributed by atoms with van der Waals surface area (Å²) in [6, 6.07) is 10.6. The van der Waals surface area contributed by atoms with Crippen molar-refractivity contribution in [2.24, 2.45) is 0 Å². The Hall–Kier alpha value is -3.39. The molecule has 0 aliphatic heterocycles. The van der Waals surface area contributed by atoms with Crippen molar-refractivity contribution < 1.29 is 17.9 Å². The molecule has 0 unspecified atom stereocenters. The van der Waals surface area contributed by atoms with Crippen LogP contribution in [-0.2, 0) is 22.2 Å². The normalized spacial score (nSPS) is 11.4. The van der Waals surface area contributed by atoms with E-state index in [1.165, 1.54) is 6.20 Å². The Morgan fingerprint density at radius 1 is 1.14 bits per heavy atom. The molecule has 2 aromatic heterocycles. The predicted octanol–water partition coefficient (Wildman–Crippen LogP) is 4.91. The molecule has 0 radical (unpaired) electrons. The molecule has 2 aromatic carbocycles. The number of hydrogen-bond acceptors (Lipinski definition) is 8. The van der Waals surface area contributed by atoms with Crippen molar-refractivity contribution in [3.8, 4) is 23.3 Å². The molecule has 0 bridgehead atoms. The van der Waals surface area contributed by atoms with Crippen LogP contribution in [0.1, 0.15) is 30.4 Å². The maximum absolute atomic E-state index is 11.5. The molecule has 0 amide bonds. The second-order valence-electron chi connectivity index (χ2n) is 7.95. The fourth-order valence-corrected chi connectivity index (χ4v) is 4.62. The minimum absolute atomic E-state index is 0.0611. The molecule has 0 fully saturated rings. The number of nitrogens with zero attached hydrogens (tertiary/aromatic N) is 5. The van der Waals surface area contributed by atoms with Crippen LogP contribution < -0.4 is 9.47 Å². The van der Waals surface area contributed by atoms with Crippen molar-refractivity contribution in [2.75, 3.05) is 12.9 Å². The van der Waals surface area contributed by atoms with E-state index in [0.29, 0.717) is 56.1 Å². The van der Waals surface area contributed by atoms with Crippen molar-refractivity contribution >= 4 is 44.1 Å². The van der Waals surface area contributed by atoms with Crippen LogP contribution in [0.15, 0.2) is 42.9 Å². The minimum Gasteiger partial charge on any atom is -0.491 e. The predicted molar refractivity (Wildman–Crippen MR) is 137 cm³/mol. The number of aromatic nitrogens is 4. The third-order valence-electron chi connectivity index (χ3n) is 5.03. The van der Waals surface area contributed by atoms with Gasteiger partial charge in [0.15, 0.2) is 15.6 Å². The summed E-state index contributed by atoms with van der Waals surface area (Å²) < 4.78 is 36.3. The Labute approximate surface area is 218 Å². The molecule has 2 heterocycles. The Bertz CT molecular complexity index is 1580. The van der Waals surface area contributed by atoms with Crippen LogP contribution in [-0.4, -0.2) is 40.8 Å². The van der Waals surface area contributed by atoms with Gasteiger partial charge in [-0.25, -0.2) is 23.4 Å². The molecule has 186 valence electrons. The van der Waals surface area contributed by atoms with Gasteiger partial charge in [0, 0.05) is 12.5 Å². The number of nitriles is 1. The van der Waals surface area contributed by atoms with Crippen LogP contribution in [0, 0.1) is 11.3 Å². The van der Waals surface area contributed by atoms with E-state index in [2.05, 4.69) is 21.0 Å². The molecule has 0 N–H and O–H groups in total. The molecule has 0 aliphatic carbocycles. The number of hydrogen-bond donors (Lipinski definition) is 0. The molecule has 0 atom stereocenters. The van der Waals surface area contributed by atoms with E-state index >= 15 is 0 Å². The third-order valence-corrected chi connectivity index (χ3v) is 6.46. The lowest BCUT2D eigenvalue weighted by Crippen LogP contribution is -2.08. The number of sulfone groups is 1. The molecule has 36 heavy (non-hydrogen) atoms. The summed E-state index contributed by atoms with van der Waals surface area (Å²) >= 11 is 13.0. The summed E-state index contributed by atoms with van der Waals surface area (Å²) in [4.78, 5) is 12.6. The van der Waals surface area contributed by atoms with Gasteiger partial charge in [-0.05, 0) is 36.8 Å².